The van der Waals surface area contributed by atoms with E-state index in [2.05, 4.69) is 5.32 Å². The molecule has 2 amide bonds. The first-order valence-corrected chi connectivity index (χ1v) is 6.46. The van der Waals surface area contributed by atoms with Gasteiger partial charge in [-0.05, 0) is 32.1 Å². The number of rotatable bonds is 3. The first-order valence-electron chi connectivity index (χ1n) is 6.46. The third kappa shape index (κ3) is 2.58. The SMILES string of the molecule is COC1CCCC1NC(=O)N1CCC[C@H]1C(=O)O. The maximum atomic E-state index is 12.1. The molecule has 1 saturated carbocycles. The van der Waals surface area contributed by atoms with Crippen LogP contribution in [0.5, 0.6) is 0 Å². The topological polar surface area (TPSA) is 78.9 Å². The molecule has 2 unspecified atom stereocenters. The van der Waals surface area contributed by atoms with Crippen molar-refractivity contribution in [3.05, 3.63) is 0 Å². The van der Waals surface area contributed by atoms with E-state index in [0.29, 0.717) is 13.0 Å². The fraction of sp³-hybridized carbons (Fsp3) is 0.833. The second kappa shape index (κ2) is 5.56. The van der Waals surface area contributed by atoms with E-state index < -0.39 is 12.0 Å². The number of carbonyl (C=O) groups excluding carboxylic acids is 1. The van der Waals surface area contributed by atoms with Crippen molar-refractivity contribution in [1.29, 1.82) is 0 Å². The van der Waals surface area contributed by atoms with Gasteiger partial charge in [0, 0.05) is 13.7 Å². The minimum absolute atomic E-state index is 0.0116. The van der Waals surface area contributed by atoms with Crippen molar-refractivity contribution >= 4 is 12.0 Å². The molecule has 2 N–H and O–H groups in total. The summed E-state index contributed by atoms with van der Waals surface area (Å²) in [5.74, 6) is -0.919. The highest BCUT2D eigenvalue weighted by Crippen LogP contribution is 2.23. The van der Waals surface area contributed by atoms with Gasteiger partial charge in [-0.2, -0.15) is 0 Å². The number of carboxylic acids is 1. The Bertz CT molecular complexity index is 334. The van der Waals surface area contributed by atoms with Gasteiger partial charge in [-0.25, -0.2) is 9.59 Å². The first-order chi connectivity index (χ1) is 8.63. The van der Waals surface area contributed by atoms with Crippen LogP contribution in [0, 0.1) is 0 Å². The summed E-state index contributed by atoms with van der Waals surface area (Å²) in [6, 6.07) is -0.932. The lowest BCUT2D eigenvalue weighted by atomic mass is 10.2. The van der Waals surface area contributed by atoms with Crippen molar-refractivity contribution < 1.29 is 19.4 Å². The Morgan fingerprint density at radius 3 is 2.72 bits per heavy atom. The molecule has 3 atom stereocenters. The van der Waals surface area contributed by atoms with Crippen LogP contribution in [0.15, 0.2) is 0 Å². The van der Waals surface area contributed by atoms with Gasteiger partial charge >= 0.3 is 12.0 Å². The molecule has 0 aromatic rings. The number of urea groups is 1. The van der Waals surface area contributed by atoms with E-state index in [-0.39, 0.29) is 18.2 Å². The summed E-state index contributed by atoms with van der Waals surface area (Å²) in [6.45, 7) is 0.521. The fourth-order valence-corrected chi connectivity index (χ4v) is 2.88. The maximum absolute atomic E-state index is 12.1. The molecule has 6 heteroatoms. The Morgan fingerprint density at radius 1 is 1.28 bits per heavy atom. The van der Waals surface area contributed by atoms with Gasteiger partial charge < -0.3 is 20.1 Å². The molecule has 2 aliphatic rings. The van der Waals surface area contributed by atoms with E-state index in [4.69, 9.17) is 9.84 Å². The number of nitrogens with zero attached hydrogens (tertiary/aromatic N) is 1. The van der Waals surface area contributed by atoms with Crippen LogP contribution in [0.3, 0.4) is 0 Å². The summed E-state index contributed by atoms with van der Waals surface area (Å²) in [6.07, 6.45) is 4.23. The molecule has 1 aliphatic heterocycles. The lowest BCUT2D eigenvalue weighted by molar-refractivity contribution is -0.141. The van der Waals surface area contributed by atoms with Crippen molar-refractivity contribution in [2.45, 2.75) is 50.3 Å². The Hall–Kier alpha value is -1.30. The average Bonchev–Trinajstić information content (AvgIpc) is 2.96. The second-order valence-corrected chi connectivity index (χ2v) is 4.95. The lowest BCUT2D eigenvalue weighted by Crippen LogP contribution is -2.51. The van der Waals surface area contributed by atoms with Gasteiger partial charge in [0.25, 0.3) is 0 Å². The zero-order valence-electron chi connectivity index (χ0n) is 10.6. The number of ether oxygens (including phenoxy) is 1. The first kappa shape index (κ1) is 13.1. The zero-order valence-corrected chi connectivity index (χ0v) is 10.6. The molecule has 1 heterocycles. The summed E-state index contributed by atoms with van der Waals surface area (Å²) in [7, 11) is 1.64. The Morgan fingerprint density at radius 2 is 2.06 bits per heavy atom. The van der Waals surface area contributed by atoms with Crippen molar-refractivity contribution in [3.8, 4) is 0 Å². The summed E-state index contributed by atoms with van der Waals surface area (Å²) in [4.78, 5) is 24.5. The van der Waals surface area contributed by atoms with Gasteiger partial charge in [0.2, 0.25) is 0 Å². The predicted molar refractivity (Wildman–Crippen MR) is 64.3 cm³/mol. The third-order valence-electron chi connectivity index (χ3n) is 3.86. The fourth-order valence-electron chi connectivity index (χ4n) is 2.88. The molecular formula is C12H20N2O4. The van der Waals surface area contributed by atoms with Crippen LogP contribution < -0.4 is 5.32 Å². The van der Waals surface area contributed by atoms with Gasteiger partial charge in [0.1, 0.15) is 6.04 Å². The van der Waals surface area contributed by atoms with Gasteiger partial charge in [-0.15, -0.1) is 0 Å². The number of carboxylic acid groups (broad SMARTS) is 1. The Labute approximate surface area is 106 Å². The molecule has 102 valence electrons. The van der Waals surface area contributed by atoms with Crippen LogP contribution in [-0.4, -0.2) is 53.8 Å². The van der Waals surface area contributed by atoms with Crippen LogP contribution in [0.2, 0.25) is 0 Å². The molecule has 1 aliphatic carbocycles. The average molecular weight is 256 g/mol. The molecule has 0 bridgehead atoms. The molecule has 1 saturated heterocycles. The second-order valence-electron chi connectivity index (χ2n) is 4.95. The zero-order chi connectivity index (χ0) is 13.1. The molecule has 6 nitrogen and oxygen atoms in total. The lowest BCUT2D eigenvalue weighted by Gasteiger charge is -2.26. The highest BCUT2D eigenvalue weighted by atomic mass is 16.5. The molecule has 0 aromatic carbocycles. The number of hydrogen-bond donors (Lipinski definition) is 2. The highest BCUT2D eigenvalue weighted by Gasteiger charge is 2.36. The van der Waals surface area contributed by atoms with E-state index >= 15 is 0 Å². The van der Waals surface area contributed by atoms with Gasteiger partial charge in [-0.1, -0.05) is 0 Å². The third-order valence-corrected chi connectivity index (χ3v) is 3.86. The van der Waals surface area contributed by atoms with Crippen LogP contribution >= 0.6 is 0 Å². The van der Waals surface area contributed by atoms with Crippen molar-refractivity contribution in [3.63, 3.8) is 0 Å². The van der Waals surface area contributed by atoms with E-state index in [1.807, 2.05) is 0 Å². The number of carbonyl (C=O) groups is 2. The van der Waals surface area contributed by atoms with Crippen molar-refractivity contribution in [1.82, 2.24) is 10.2 Å². The summed E-state index contributed by atoms with van der Waals surface area (Å²) in [5, 5.41) is 12.0. The Kier molecular flexibility index (Phi) is 4.06. The molecule has 0 aromatic heterocycles. The number of nitrogens with one attached hydrogen (secondary N) is 1. The van der Waals surface area contributed by atoms with E-state index in [9.17, 15) is 9.59 Å². The molecular weight excluding hydrogens is 236 g/mol. The van der Waals surface area contributed by atoms with Gasteiger partial charge in [0.05, 0.1) is 12.1 Å². The van der Waals surface area contributed by atoms with Crippen LogP contribution in [-0.2, 0) is 9.53 Å². The molecule has 0 radical (unpaired) electrons. The van der Waals surface area contributed by atoms with Gasteiger partial charge in [0.15, 0.2) is 0 Å². The summed E-state index contributed by atoms with van der Waals surface area (Å²) >= 11 is 0. The minimum atomic E-state index is -0.919. The maximum Gasteiger partial charge on any atom is 0.326 e. The largest absolute Gasteiger partial charge is 0.480 e. The Balaban J connectivity index is 1.93. The quantitative estimate of drug-likeness (QED) is 0.783. The molecule has 2 rings (SSSR count). The number of amides is 2. The summed E-state index contributed by atoms with van der Waals surface area (Å²) < 4.78 is 5.31. The number of likely N-dealkylation sites (tertiary alicyclic amines) is 1. The smallest absolute Gasteiger partial charge is 0.326 e. The molecule has 0 spiro atoms. The molecule has 18 heavy (non-hydrogen) atoms. The van der Waals surface area contributed by atoms with Gasteiger partial charge in [-0.3, -0.25) is 0 Å². The number of methoxy groups -OCH3 is 1. The van der Waals surface area contributed by atoms with E-state index in [1.54, 1.807) is 7.11 Å². The predicted octanol–water partition coefficient (Wildman–Crippen LogP) is 0.812. The molecule has 2 fully saturated rings. The van der Waals surface area contributed by atoms with Crippen LogP contribution in [0.4, 0.5) is 4.79 Å². The minimum Gasteiger partial charge on any atom is -0.480 e. The highest BCUT2D eigenvalue weighted by molar-refractivity contribution is 5.83. The normalized spacial score (nSPS) is 31.6. The monoisotopic (exact) mass is 256 g/mol. The number of hydrogen-bond acceptors (Lipinski definition) is 3. The van der Waals surface area contributed by atoms with E-state index in [1.165, 1.54) is 4.90 Å². The summed E-state index contributed by atoms with van der Waals surface area (Å²) in [5.41, 5.74) is 0. The van der Waals surface area contributed by atoms with Crippen molar-refractivity contribution in [2.75, 3.05) is 13.7 Å². The van der Waals surface area contributed by atoms with Crippen LogP contribution in [0.1, 0.15) is 32.1 Å². The standard InChI is InChI=1S/C12H20N2O4/c1-18-10-6-2-4-8(10)13-12(17)14-7-3-5-9(14)11(15)16/h8-10H,2-7H2,1H3,(H,13,17)(H,15,16)/t8?,9-,10?/m0/s1. The number of aliphatic carboxylic acids is 1. The van der Waals surface area contributed by atoms with Crippen LogP contribution in [0.25, 0.3) is 0 Å². The van der Waals surface area contributed by atoms with Crippen molar-refractivity contribution in [2.24, 2.45) is 0 Å². The van der Waals surface area contributed by atoms with E-state index in [0.717, 1.165) is 25.7 Å².